The summed E-state index contributed by atoms with van der Waals surface area (Å²) >= 11 is 0. The van der Waals surface area contributed by atoms with Gasteiger partial charge in [0.1, 0.15) is 16.5 Å². The first-order chi connectivity index (χ1) is 11.5. The number of ketones is 1. The Bertz CT molecular complexity index is 1020. The second-order valence-electron chi connectivity index (χ2n) is 4.89. The predicted molar refractivity (Wildman–Crippen MR) is 78.2 cm³/mol. The van der Waals surface area contributed by atoms with Gasteiger partial charge in [-0.2, -0.15) is 0 Å². The lowest BCUT2D eigenvalue weighted by molar-refractivity contribution is -0.386. The van der Waals surface area contributed by atoms with Gasteiger partial charge in [0, 0.05) is 23.8 Å². The van der Waals surface area contributed by atoms with Gasteiger partial charge in [0.2, 0.25) is 15.6 Å². The normalized spacial score (nSPS) is 11.3. The highest BCUT2D eigenvalue weighted by molar-refractivity contribution is 7.91. The topological polar surface area (TPSA) is 135 Å². The maximum absolute atomic E-state index is 14.1. The lowest BCUT2D eigenvalue weighted by atomic mass is 10.1. The number of rotatable bonds is 4. The number of benzene rings is 2. The van der Waals surface area contributed by atoms with Crippen molar-refractivity contribution < 1.29 is 37.1 Å². The van der Waals surface area contributed by atoms with Crippen LogP contribution >= 0.6 is 0 Å². The first-order valence-electron chi connectivity index (χ1n) is 6.42. The predicted octanol–water partition coefficient (Wildman–Crippen LogP) is 2.32. The molecule has 0 aliphatic heterocycles. The van der Waals surface area contributed by atoms with Crippen molar-refractivity contribution >= 4 is 21.3 Å². The summed E-state index contributed by atoms with van der Waals surface area (Å²) in [5.41, 5.74) is -1.95. The molecular weight excluding hydrogens is 364 g/mol. The van der Waals surface area contributed by atoms with Gasteiger partial charge in [0.05, 0.1) is 9.82 Å². The summed E-state index contributed by atoms with van der Waals surface area (Å²) in [6.45, 7) is 0.879. The molecule has 2 rings (SSSR count). The van der Waals surface area contributed by atoms with Crippen molar-refractivity contribution in [1.29, 1.82) is 0 Å². The third-order valence-corrected chi connectivity index (χ3v) is 5.02. The van der Waals surface area contributed by atoms with E-state index in [1.807, 2.05) is 0 Å². The number of hydrogen-bond donors (Lipinski definition) is 2. The summed E-state index contributed by atoms with van der Waals surface area (Å²) in [6, 6.07) is 1.57. The van der Waals surface area contributed by atoms with Gasteiger partial charge in [0.15, 0.2) is 11.5 Å². The fourth-order valence-corrected chi connectivity index (χ4v) is 3.66. The number of nitro benzene ring substituents is 1. The number of nitrogens with zero attached hydrogens (tertiary/aromatic N) is 1. The minimum absolute atomic E-state index is 0.230. The van der Waals surface area contributed by atoms with Crippen molar-refractivity contribution in [2.75, 3.05) is 0 Å². The van der Waals surface area contributed by atoms with E-state index in [4.69, 9.17) is 0 Å². The largest absolute Gasteiger partial charge is 0.504 e. The van der Waals surface area contributed by atoms with Crippen LogP contribution in [0.5, 0.6) is 11.5 Å². The van der Waals surface area contributed by atoms with Gasteiger partial charge in [-0.1, -0.05) is 0 Å². The minimum Gasteiger partial charge on any atom is -0.504 e. The van der Waals surface area contributed by atoms with Crippen LogP contribution in [0.2, 0.25) is 0 Å². The van der Waals surface area contributed by atoms with E-state index < -0.39 is 64.7 Å². The molecule has 2 aromatic carbocycles. The second kappa shape index (κ2) is 6.09. The smallest absolute Gasteiger partial charge is 0.315 e. The number of Topliss-reactive ketones (excluding diaryl/α,β-unsaturated/α-hetero) is 1. The molecule has 2 N–H and O–H groups in total. The zero-order valence-corrected chi connectivity index (χ0v) is 13.2. The number of phenols is 2. The molecule has 0 radical (unpaired) electrons. The monoisotopic (exact) mass is 373 g/mol. The average Bonchev–Trinajstić information content (AvgIpc) is 2.47. The average molecular weight is 373 g/mol. The highest BCUT2D eigenvalue weighted by atomic mass is 32.2. The SMILES string of the molecule is CC(=O)c1cc(F)cc(F)c1S(=O)(=O)c1cc(O)c(O)c([N+](=O)[O-])c1. The Hall–Kier alpha value is -3.08. The van der Waals surface area contributed by atoms with Crippen LogP contribution in [0, 0.1) is 21.7 Å². The standard InChI is InChI=1S/C14H9F2NO7S/c1-6(18)9-2-7(15)3-10(16)14(9)25(23,24)8-4-11(17(21)22)13(20)12(19)5-8/h2-5,19-20H,1H3. The van der Waals surface area contributed by atoms with Gasteiger partial charge in [-0.25, -0.2) is 17.2 Å². The van der Waals surface area contributed by atoms with Crippen LogP contribution in [0.1, 0.15) is 17.3 Å². The van der Waals surface area contributed by atoms with Crippen molar-refractivity contribution in [2.45, 2.75) is 16.7 Å². The molecule has 0 atom stereocenters. The molecule has 0 bridgehead atoms. The molecule has 2 aromatic rings. The maximum atomic E-state index is 14.1. The van der Waals surface area contributed by atoms with Crippen LogP contribution in [0.15, 0.2) is 34.1 Å². The first kappa shape index (κ1) is 18.3. The van der Waals surface area contributed by atoms with Gasteiger partial charge in [-0.15, -0.1) is 0 Å². The fraction of sp³-hybridized carbons (Fsp3) is 0.0714. The van der Waals surface area contributed by atoms with E-state index in [1.165, 1.54) is 0 Å². The van der Waals surface area contributed by atoms with Crippen LogP contribution in [0.3, 0.4) is 0 Å². The molecule has 0 saturated carbocycles. The van der Waals surface area contributed by atoms with Crippen molar-refractivity contribution in [3.8, 4) is 11.5 Å². The van der Waals surface area contributed by atoms with Crippen LogP contribution in [0.4, 0.5) is 14.5 Å². The van der Waals surface area contributed by atoms with Crippen molar-refractivity contribution in [3.05, 3.63) is 51.6 Å². The van der Waals surface area contributed by atoms with E-state index in [0.717, 1.165) is 6.92 Å². The molecule has 0 saturated heterocycles. The Labute approximate surface area is 139 Å². The quantitative estimate of drug-likeness (QED) is 0.276. The molecule has 0 spiro atoms. The third kappa shape index (κ3) is 3.13. The molecule has 8 nitrogen and oxygen atoms in total. The van der Waals surface area contributed by atoms with E-state index in [2.05, 4.69) is 0 Å². The van der Waals surface area contributed by atoms with E-state index >= 15 is 0 Å². The summed E-state index contributed by atoms with van der Waals surface area (Å²) in [5, 5.41) is 29.7. The van der Waals surface area contributed by atoms with Crippen LogP contribution in [-0.2, 0) is 9.84 Å². The molecule has 0 aliphatic carbocycles. The van der Waals surface area contributed by atoms with Gasteiger partial charge in [0.25, 0.3) is 0 Å². The Kier molecular flexibility index (Phi) is 4.45. The van der Waals surface area contributed by atoms with Crippen LogP contribution in [-0.4, -0.2) is 29.3 Å². The number of sulfone groups is 1. The number of halogens is 2. The Morgan fingerprint density at radius 2 is 1.76 bits per heavy atom. The number of phenolic OH excluding ortho intramolecular Hbond substituents is 2. The Balaban J connectivity index is 2.86. The zero-order chi connectivity index (χ0) is 19.1. The Morgan fingerprint density at radius 1 is 1.16 bits per heavy atom. The molecule has 11 heteroatoms. The lowest BCUT2D eigenvalue weighted by Crippen LogP contribution is -2.12. The second-order valence-corrected chi connectivity index (χ2v) is 6.78. The lowest BCUT2D eigenvalue weighted by Gasteiger charge is -2.11. The molecule has 0 heterocycles. The number of carbonyl (C=O) groups is 1. The van der Waals surface area contributed by atoms with Crippen molar-refractivity contribution in [1.82, 2.24) is 0 Å². The van der Waals surface area contributed by atoms with Crippen LogP contribution < -0.4 is 0 Å². The molecule has 0 aliphatic rings. The molecular formula is C14H9F2NO7S. The van der Waals surface area contributed by atoms with Gasteiger partial charge in [-0.05, 0) is 13.0 Å². The third-order valence-electron chi connectivity index (χ3n) is 3.21. The molecule has 0 aromatic heterocycles. The zero-order valence-electron chi connectivity index (χ0n) is 12.4. The summed E-state index contributed by atoms with van der Waals surface area (Å²) in [6.07, 6.45) is 0. The fourth-order valence-electron chi connectivity index (χ4n) is 2.09. The van der Waals surface area contributed by atoms with Gasteiger partial charge < -0.3 is 10.2 Å². The number of hydrogen-bond acceptors (Lipinski definition) is 7. The molecule has 25 heavy (non-hydrogen) atoms. The highest BCUT2D eigenvalue weighted by Gasteiger charge is 2.31. The van der Waals surface area contributed by atoms with Crippen molar-refractivity contribution in [3.63, 3.8) is 0 Å². The van der Waals surface area contributed by atoms with Gasteiger partial charge in [-0.3, -0.25) is 14.9 Å². The van der Waals surface area contributed by atoms with Crippen LogP contribution in [0.25, 0.3) is 0 Å². The molecule has 0 fully saturated rings. The molecule has 0 unspecified atom stereocenters. The Morgan fingerprint density at radius 3 is 2.28 bits per heavy atom. The first-order valence-corrected chi connectivity index (χ1v) is 7.90. The van der Waals surface area contributed by atoms with E-state index in [0.29, 0.717) is 18.2 Å². The number of aromatic hydroxyl groups is 2. The molecule has 132 valence electrons. The summed E-state index contributed by atoms with van der Waals surface area (Å²) < 4.78 is 52.6. The number of nitro groups is 1. The van der Waals surface area contributed by atoms with E-state index in [-0.39, 0.29) is 6.07 Å². The summed E-state index contributed by atoms with van der Waals surface area (Å²) in [7, 11) is -4.90. The van der Waals surface area contributed by atoms with Crippen molar-refractivity contribution in [2.24, 2.45) is 0 Å². The van der Waals surface area contributed by atoms with E-state index in [9.17, 15) is 42.3 Å². The summed E-state index contributed by atoms with van der Waals surface area (Å²) in [4.78, 5) is 19.1. The number of carbonyl (C=O) groups excluding carboxylic acids is 1. The maximum Gasteiger partial charge on any atom is 0.315 e. The molecule has 0 amide bonds. The van der Waals surface area contributed by atoms with E-state index in [1.54, 1.807) is 0 Å². The summed E-state index contributed by atoms with van der Waals surface area (Å²) in [5.74, 6) is -6.06. The van der Waals surface area contributed by atoms with Gasteiger partial charge >= 0.3 is 5.69 Å². The highest BCUT2D eigenvalue weighted by Crippen LogP contribution is 2.39. The minimum atomic E-state index is -4.90.